The van der Waals surface area contributed by atoms with Crippen LogP contribution in [0.4, 0.5) is 9.18 Å². The molecule has 0 aliphatic carbocycles. The molecule has 0 aliphatic heterocycles. The molecule has 0 spiro atoms. The maximum absolute atomic E-state index is 12.7. The highest BCUT2D eigenvalue weighted by atomic mass is 19.1. The van der Waals surface area contributed by atoms with E-state index in [-0.39, 0.29) is 17.4 Å². The number of rotatable bonds is 6. The lowest BCUT2D eigenvalue weighted by Crippen LogP contribution is -2.39. The van der Waals surface area contributed by atoms with Crippen LogP contribution in [0.5, 0.6) is 0 Å². The standard InChI is InChI=1S/C15H17FN4O2/c16-13-3-1-12(2-4-13)5-8-18-15(22)19-9-10-20-11-17-7-6-14(20)21/h1-4,6-7,11H,5,8-10H2,(H2,18,19,22). The summed E-state index contributed by atoms with van der Waals surface area (Å²) in [6, 6.07) is 7.21. The highest BCUT2D eigenvalue weighted by molar-refractivity contribution is 5.73. The summed E-state index contributed by atoms with van der Waals surface area (Å²) >= 11 is 0. The van der Waals surface area contributed by atoms with Crippen molar-refractivity contribution in [2.75, 3.05) is 13.1 Å². The number of nitrogens with zero attached hydrogens (tertiary/aromatic N) is 2. The van der Waals surface area contributed by atoms with Gasteiger partial charge in [-0.15, -0.1) is 0 Å². The van der Waals surface area contributed by atoms with E-state index in [4.69, 9.17) is 0 Å². The lowest BCUT2D eigenvalue weighted by atomic mass is 10.1. The van der Waals surface area contributed by atoms with Gasteiger partial charge in [0.2, 0.25) is 0 Å². The molecule has 22 heavy (non-hydrogen) atoms. The molecule has 2 aromatic rings. The third-order valence-corrected chi connectivity index (χ3v) is 3.04. The fraction of sp³-hybridized carbons (Fsp3) is 0.267. The Bertz CT molecular complexity index is 670. The topological polar surface area (TPSA) is 76.0 Å². The first-order valence-corrected chi connectivity index (χ1v) is 6.92. The van der Waals surface area contributed by atoms with Gasteiger partial charge in [-0.05, 0) is 24.1 Å². The van der Waals surface area contributed by atoms with E-state index >= 15 is 0 Å². The largest absolute Gasteiger partial charge is 0.338 e. The summed E-state index contributed by atoms with van der Waals surface area (Å²) < 4.78 is 14.2. The number of hydrogen-bond donors (Lipinski definition) is 2. The Morgan fingerprint density at radius 2 is 1.86 bits per heavy atom. The molecule has 1 heterocycles. The van der Waals surface area contributed by atoms with Crippen LogP contribution in [-0.4, -0.2) is 28.7 Å². The number of urea groups is 1. The van der Waals surface area contributed by atoms with E-state index in [1.54, 1.807) is 12.1 Å². The minimum absolute atomic E-state index is 0.159. The van der Waals surface area contributed by atoms with Gasteiger partial charge >= 0.3 is 6.03 Å². The summed E-state index contributed by atoms with van der Waals surface area (Å²) in [5.41, 5.74) is 0.789. The molecular formula is C15H17FN4O2. The zero-order chi connectivity index (χ0) is 15.8. The van der Waals surface area contributed by atoms with E-state index in [9.17, 15) is 14.0 Å². The molecule has 2 N–H and O–H groups in total. The molecule has 0 bridgehead atoms. The van der Waals surface area contributed by atoms with Crippen LogP contribution < -0.4 is 16.2 Å². The van der Waals surface area contributed by atoms with Crippen LogP contribution in [0, 0.1) is 5.82 Å². The first kappa shape index (κ1) is 15.7. The Morgan fingerprint density at radius 3 is 2.59 bits per heavy atom. The molecule has 0 radical (unpaired) electrons. The van der Waals surface area contributed by atoms with Gasteiger partial charge in [0, 0.05) is 31.9 Å². The van der Waals surface area contributed by atoms with Crippen LogP contribution in [0.25, 0.3) is 0 Å². The van der Waals surface area contributed by atoms with Crippen LogP contribution in [0.1, 0.15) is 5.56 Å². The van der Waals surface area contributed by atoms with Crippen LogP contribution >= 0.6 is 0 Å². The zero-order valence-electron chi connectivity index (χ0n) is 12.0. The molecule has 2 rings (SSSR count). The van der Waals surface area contributed by atoms with Crippen molar-refractivity contribution in [3.8, 4) is 0 Å². The number of aromatic nitrogens is 2. The quantitative estimate of drug-likeness (QED) is 0.833. The van der Waals surface area contributed by atoms with E-state index in [0.717, 1.165) is 5.56 Å². The average Bonchev–Trinajstić information content (AvgIpc) is 2.51. The normalized spacial score (nSPS) is 10.2. The molecule has 1 aromatic carbocycles. The third-order valence-electron chi connectivity index (χ3n) is 3.04. The Kier molecular flexibility index (Phi) is 5.65. The fourth-order valence-corrected chi connectivity index (χ4v) is 1.87. The molecule has 0 atom stereocenters. The average molecular weight is 304 g/mol. The fourth-order valence-electron chi connectivity index (χ4n) is 1.87. The van der Waals surface area contributed by atoms with Crippen LogP contribution in [0.2, 0.25) is 0 Å². The van der Waals surface area contributed by atoms with Crippen molar-refractivity contribution in [3.63, 3.8) is 0 Å². The van der Waals surface area contributed by atoms with Gasteiger partial charge in [0.05, 0.1) is 6.33 Å². The second-order valence-electron chi connectivity index (χ2n) is 4.67. The Hall–Kier alpha value is -2.70. The third kappa shape index (κ3) is 5.01. The van der Waals surface area contributed by atoms with E-state index in [1.165, 1.54) is 35.3 Å². The Labute approximate surface area is 127 Å². The van der Waals surface area contributed by atoms with Crippen molar-refractivity contribution >= 4 is 6.03 Å². The van der Waals surface area contributed by atoms with Crippen molar-refractivity contribution in [1.82, 2.24) is 20.2 Å². The second kappa shape index (κ2) is 7.92. The summed E-state index contributed by atoms with van der Waals surface area (Å²) in [5.74, 6) is -0.278. The van der Waals surface area contributed by atoms with Gasteiger partial charge in [-0.1, -0.05) is 12.1 Å². The highest BCUT2D eigenvalue weighted by Gasteiger charge is 2.01. The molecule has 0 saturated carbocycles. The minimum atomic E-state index is -0.306. The summed E-state index contributed by atoms with van der Waals surface area (Å²) in [4.78, 5) is 26.8. The molecule has 0 fully saturated rings. The van der Waals surface area contributed by atoms with E-state index < -0.39 is 0 Å². The van der Waals surface area contributed by atoms with Gasteiger partial charge in [-0.2, -0.15) is 0 Å². The van der Waals surface area contributed by atoms with Crippen LogP contribution in [-0.2, 0) is 13.0 Å². The second-order valence-corrected chi connectivity index (χ2v) is 4.67. The lowest BCUT2D eigenvalue weighted by molar-refractivity contribution is 0.240. The van der Waals surface area contributed by atoms with Crippen molar-refractivity contribution < 1.29 is 9.18 Å². The maximum Gasteiger partial charge on any atom is 0.314 e. The first-order valence-electron chi connectivity index (χ1n) is 6.92. The predicted molar refractivity (Wildman–Crippen MR) is 80.0 cm³/mol. The Morgan fingerprint density at radius 1 is 1.14 bits per heavy atom. The van der Waals surface area contributed by atoms with Gasteiger partial charge in [-0.3, -0.25) is 9.36 Å². The lowest BCUT2D eigenvalue weighted by Gasteiger charge is -2.08. The molecule has 0 saturated heterocycles. The molecular weight excluding hydrogens is 287 g/mol. The van der Waals surface area contributed by atoms with Crippen molar-refractivity contribution in [1.29, 1.82) is 0 Å². The molecule has 0 unspecified atom stereocenters. The van der Waals surface area contributed by atoms with Gasteiger partial charge in [-0.25, -0.2) is 14.2 Å². The first-order chi connectivity index (χ1) is 10.6. The smallest absolute Gasteiger partial charge is 0.314 e. The highest BCUT2D eigenvalue weighted by Crippen LogP contribution is 2.02. The van der Waals surface area contributed by atoms with Crippen molar-refractivity contribution in [3.05, 3.63) is 64.6 Å². The van der Waals surface area contributed by atoms with Crippen LogP contribution in [0.15, 0.2) is 47.7 Å². The molecule has 6 nitrogen and oxygen atoms in total. The number of amides is 2. The number of carbonyl (C=O) groups excluding carboxylic acids is 1. The van der Waals surface area contributed by atoms with E-state index in [2.05, 4.69) is 15.6 Å². The summed E-state index contributed by atoms with van der Waals surface area (Å²) in [5, 5.41) is 5.36. The summed E-state index contributed by atoms with van der Waals surface area (Å²) in [6.45, 7) is 1.14. The van der Waals surface area contributed by atoms with Gasteiger partial charge in [0.1, 0.15) is 5.82 Å². The molecule has 116 valence electrons. The van der Waals surface area contributed by atoms with Gasteiger partial charge < -0.3 is 10.6 Å². The number of carbonyl (C=O) groups is 1. The van der Waals surface area contributed by atoms with Crippen molar-refractivity contribution in [2.24, 2.45) is 0 Å². The number of halogens is 1. The number of nitrogens with one attached hydrogen (secondary N) is 2. The summed E-state index contributed by atoms with van der Waals surface area (Å²) in [6.07, 6.45) is 3.47. The van der Waals surface area contributed by atoms with E-state index in [0.29, 0.717) is 26.1 Å². The summed E-state index contributed by atoms with van der Waals surface area (Å²) in [7, 11) is 0. The minimum Gasteiger partial charge on any atom is -0.338 e. The maximum atomic E-state index is 12.7. The zero-order valence-corrected chi connectivity index (χ0v) is 12.0. The van der Waals surface area contributed by atoms with Crippen molar-refractivity contribution in [2.45, 2.75) is 13.0 Å². The van der Waals surface area contributed by atoms with Gasteiger partial charge in [0.25, 0.3) is 5.56 Å². The molecule has 1 aromatic heterocycles. The molecule has 7 heteroatoms. The van der Waals surface area contributed by atoms with Crippen LogP contribution in [0.3, 0.4) is 0 Å². The predicted octanol–water partition coefficient (Wildman–Crippen LogP) is 0.924. The Balaban J connectivity index is 1.65. The monoisotopic (exact) mass is 304 g/mol. The SMILES string of the molecule is O=C(NCCc1ccc(F)cc1)NCCn1cnccc1=O. The number of benzene rings is 1. The number of hydrogen-bond acceptors (Lipinski definition) is 3. The van der Waals surface area contributed by atoms with E-state index in [1.807, 2.05) is 0 Å². The van der Waals surface area contributed by atoms with Gasteiger partial charge in [0.15, 0.2) is 0 Å². The molecule has 0 aliphatic rings. The molecule has 2 amide bonds.